The van der Waals surface area contributed by atoms with Crippen LogP contribution in [0.2, 0.25) is 0 Å². The Morgan fingerprint density at radius 2 is 1.47 bits per heavy atom. The van der Waals surface area contributed by atoms with Crippen LogP contribution in [0.4, 0.5) is 13.2 Å². The van der Waals surface area contributed by atoms with Gasteiger partial charge in [0.25, 0.3) is 0 Å². The Kier molecular flexibility index (Phi) is 5.92. The third-order valence-electron chi connectivity index (χ3n) is 2.60. The van der Waals surface area contributed by atoms with Crippen LogP contribution in [0.3, 0.4) is 0 Å². The van der Waals surface area contributed by atoms with Gasteiger partial charge in [-0.1, -0.05) is 0 Å². The average Bonchev–Trinajstić information content (AvgIpc) is 2.12. The fraction of sp³-hybridized carbons (Fsp3) is 0.900. The lowest BCUT2D eigenvalue weighted by Crippen LogP contribution is -2.38. The number of carbonyl (C=O) groups is 1. The van der Waals surface area contributed by atoms with E-state index in [2.05, 4.69) is 3.63 Å². The molecular weight excluding hydrogens is 305 g/mol. The Balaban J connectivity index is 5.70. The molecule has 0 atom stereocenters. The van der Waals surface area contributed by atoms with E-state index in [1.54, 1.807) is 27.7 Å². The van der Waals surface area contributed by atoms with Crippen molar-refractivity contribution >= 4 is 26.2 Å². The summed E-state index contributed by atoms with van der Waals surface area (Å²) in [5, 5.41) is -0.873. The molecule has 1 N–H and O–H groups in total. The summed E-state index contributed by atoms with van der Waals surface area (Å²) in [5.41, 5.74) is -5.42. The Hall–Kier alpha value is -0.280. The molecule has 0 radical (unpaired) electrons. The second-order valence-corrected chi connectivity index (χ2v) is 10.6. The van der Waals surface area contributed by atoms with Gasteiger partial charge in [-0.15, -0.1) is 8.42 Å². The molecule has 19 heavy (non-hydrogen) atoms. The van der Waals surface area contributed by atoms with Gasteiger partial charge in [-0.25, -0.2) is 0 Å². The van der Waals surface area contributed by atoms with Gasteiger partial charge in [-0.2, -0.15) is 13.2 Å². The van der Waals surface area contributed by atoms with Gasteiger partial charge < -0.3 is 0 Å². The molecule has 0 aromatic heterocycles. The van der Waals surface area contributed by atoms with Gasteiger partial charge in [0.1, 0.15) is 5.78 Å². The lowest BCUT2D eigenvalue weighted by Gasteiger charge is -2.40. The van der Waals surface area contributed by atoms with Crippen LogP contribution < -0.4 is 0 Å². The Labute approximate surface area is 113 Å². The first-order chi connectivity index (χ1) is 8.26. The molecule has 0 aliphatic heterocycles. The summed E-state index contributed by atoms with van der Waals surface area (Å²) in [6.07, 6.45) is 0. The monoisotopic (exact) mass is 325 g/mol. The third-order valence-corrected chi connectivity index (χ3v) is 9.21. The first-order valence-corrected chi connectivity index (χ1v) is 8.92. The lowest BCUT2D eigenvalue weighted by molar-refractivity contribution is -0.114. The van der Waals surface area contributed by atoms with E-state index in [0.29, 0.717) is 0 Å². The van der Waals surface area contributed by atoms with Gasteiger partial charge in [-0.05, 0) is 44.9 Å². The number of rotatable bonds is 6. The smallest absolute Gasteiger partial charge is 0.299 e. The molecular formula is C10H20F3O4S2+. The zero-order valence-corrected chi connectivity index (χ0v) is 13.1. The number of hydrogen-bond donors (Lipinski definition) is 0. The zero-order valence-electron chi connectivity index (χ0n) is 11.5. The van der Waals surface area contributed by atoms with E-state index >= 15 is 0 Å². The Morgan fingerprint density at radius 3 is 1.68 bits per heavy atom. The van der Waals surface area contributed by atoms with Gasteiger partial charge in [-0.3, -0.25) is 8.42 Å². The van der Waals surface area contributed by atoms with Crippen LogP contribution in [0.25, 0.3) is 0 Å². The molecule has 0 saturated carbocycles. The van der Waals surface area contributed by atoms with Crippen LogP contribution in [0.5, 0.6) is 0 Å². The summed E-state index contributed by atoms with van der Waals surface area (Å²) >= 11 is 0. The fourth-order valence-electron chi connectivity index (χ4n) is 1.63. The molecule has 9 heteroatoms. The van der Waals surface area contributed by atoms with Crippen molar-refractivity contribution in [2.75, 3.05) is 5.75 Å². The summed E-state index contributed by atoms with van der Waals surface area (Å²) in [5.74, 6) is -0.615. The van der Waals surface area contributed by atoms with Crippen molar-refractivity contribution in [3.8, 4) is 0 Å². The summed E-state index contributed by atoms with van der Waals surface area (Å²) in [6, 6.07) is 0. The number of Topliss-reactive ketones (excluding diaryl/α,β-unsaturated/α-hetero) is 1. The number of hydrogen-bond acceptors (Lipinski definition) is 3. The third kappa shape index (κ3) is 4.35. The maximum atomic E-state index is 12.5. The fourth-order valence-corrected chi connectivity index (χ4v) is 7.42. The number of ketones is 1. The molecule has 0 unspecified atom stereocenters. The molecule has 0 aliphatic rings. The standard InChI is InChI=1S/C10H19F3O4S2/c1-7(2)18(8(3)4,6-9(5)14)17-19(15,16)10(11,12)13/h7-8H,6H2,1-5H3/p+1. The normalized spacial score (nSPS) is 15.1. The predicted molar refractivity (Wildman–Crippen MR) is 71.0 cm³/mol. The van der Waals surface area contributed by atoms with E-state index in [9.17, 15) is 26.4 Å². The van der Waals surface area contributed by atoms with E-state index in [1.165, 1.54) is 6.92 Å². The molecule has 4 nitrogen and oxygen atoms in total. The highest BCUT2D eigenvalue weighted by Gasteiger charge is 2.57. The van der Waals surface area contributed by atoms with Crippen molar-refractivity contribution in [3.05, 3.63) is 0 Å². The molecule has 0 bridgehead atoms. The molecule has 0 amide bonds. The Morgan fingerprint density at radius 1 is 1.11 bits per heavy atom. The summed E-state index contributed by atoms with van der Waals surface area (Å²) < 4.78 is 63.1. The van der Waals surface area contributed by atoms with E-state index < -0.39 is 36.4 Å². The van der Waals surface area contributed by atoms with Crippen LogP contribution in [-0.2, 0) is 14.9 Å². The molecule has 0 fully saturated rings. The number of alkyl halides is 3. The van der Waals surface area contributed by atoms with Crippen LogP contribution in [0.15, 0.2) is 0 Å². The molecule has 116 valence electrons. The summed E-state index contributed by atoms with van der Waals surface area (Å²) in [7, 11) is -8.18. The topological polar surface area (TPSA) is 64.0 Å². The minimum absolute atomic E-state index is 0.252. The highest BCUT2D eigenvalue weighted by molar-refractivity contribution is 8.33. The van der Waals surface area contributed by atoms with Crippen LogP contribution in [-0.4, -0.2) is 39.6 Å². The molecule has 0 aliphatic carbocycles. The van der Waals surface area contributed by atoms with Crippen molar-refractivity contribution < 1.29 is 30.0 Å². The van der Waals surface area contributed by atoms with Crippen LogP contribution in [0.1, 0.15) is 34.6 Å². The Bertz CT molecular complexity index is 419. The SMILES string of the molecule is CC(=O)CS([OH+]S(=O)(=O)C(F)(F)F)(C(C)C)C(C)C. The quantitative estimate of drug-likeness (QED) is 0.428. The molecule has 0 spiro atoms. The van der Waals surface area contributed by atoms with Gasteiger partial charge >= 0.3 is 15.6 Å². The second kappa shape index (κ2) is 6.01. The molecule has 0 aromatic carbocycles. The van der Waals surface area contributed by atoms with E-state index in [4.69, 9.17) is 0 Å². The molecule has 0 rings (SSSR count). The first kappa shape index (κ1) is 18.7. The largest absolute Gasteiger partial charge is 0.572 e. The summed E-state index contributed by atoms with van der Waals surface area (Å²) in [4.78, 5) is 11.3. The van der Waals surface area contributed by atoms with Crippen LogP contribution >= 0.6 is 10.3 Å². The van der Waals surface area contributed by atoms with Crippen LogP contribution in [0, 0.1) is 0 Å². The highest BCUT2D eigenvalue weighted by Crippen LogP contribution is 2.57. The minimum atomic E-state index is -5.58. The van der Waals surface area contributed by atoms with E-state index in [0.717, 1.165) is 0 Å². The van der Waals surface area contributed by atoms with E-state index in [-0.39, 0.29) is 11.5 Å². The van der Waals surface area contributed by atoms with Crippen molar-refractivity contribution in [2.24, 2.45) is 0 Å². The molecule has 0 heterocycles. The minimum Gasteiger partial charge on any atom is -0.299 e. The number of carbonyl (C=O) groups excluding carboxylic acids is 1. The van der Waals surface area contributed by atoms with Crippen molar-refractivity contribution in [3.63, 3.8) is 0 Å². The van der Waals surface area contributed by atoms with Crippen molar-refractivity contribution in [1.29, 1.82) is 0 Å². The van der Waals surface area contributed by atoms with Gasteiger partial charge in [0.2, 0.25) is 0 Å². The molecule has 0 saturated heterocycles. The number of halogens is 3. The maximum Gasteiger partial charge on any atom is 0.572 e. The van der Waals surface area contributed by atoms with E-state index in [1.807, 2.05) is 0 Å². The predicted octanol–water partition coefficient (Wildman–Crippen LogP) is 3.06. The zero-order chi connectivity index (χ0) is 15.6. The maximum absolute atomic E-state index is 12.5. The van der Waals surface area contributed by atoms with Gasteiger partial charge in [0, 0.05) is 10.5 Å². The van der Waals surface area contributed by atoms with Gasteiger partial charge in [0.05, 0.1) is 5.75 Å². The summed E-state index contributed by atoms with van der Waals surface area (Å²) in [6.45, 7) is 7.59. The second-order valence-electron chi connectivity index (χ2n) is 4.75. The first-order valence-electron chi connectivity index (χ1n) is 5.60. The highest BCUT2D eigenvalue weighted by atomic mass is 32.3. The van der Waals surface area contributed by atoms with Crippen molar-refractivity contribution in [2.45, 2.75) is 50.6 Å². The molecule has 0 aromatic rings. The lowest BCUT2D eigenvalue weighted by atomic mass is 10.5. The average molecular weight is 325 g/mol. The van der Waals surface area contributed by atoms with Gasteiger partial charge in [0.15, 0.2) is 0 Å². The van der Waals surface area contributed by atoms with Crippen molar-refractivity contribution in [1.82, 2.24) is 0 Å².